The quantitative estimate of drug-likeness (QED) is 0.345. The first-order valence-corrected chi connectivity index (χ1v) is 12.7. The second kappa shape index (κ2) is 10.0. The molecule has 30 heavy (non-hydrogen) atoms. The van der Waals surface area contributed by atoms with Crippen LogP contribution in [-0.2, 0) is 9.53 Å². The van der Waals surface area contributed by atoms with Crippen molar-refractivity contribution < 1.29 is 9.53 Å². The van der Waals surface area contributed by atoms with Crippen molar-refractivity contribution in [1.82, 2.24) is 0 Å². The van der Waals surface area contributed by atoms with Gasteiger partial charge in [0.2, 0.25) is 0 Å². The van der Waals surface area contributed by atoms with E-state index in [0.29, 0.717) is 6.61 Å². The van der Waals surface area contributed by atoms with Gasteiger partial charge in [0.15, 0.2) is 0 Å². The van der Waals surface area contributed by atoms with E-state index in [1.54, 1.807) is 0 Å². The highest BCUT2D eigenvalue weighted by atomic mass is 31.2. The molecule has 0 aromatic heterocycles. The molecule has 3 aromatic rings. The van der Waals surface area contributed by atoms with Crippen LogP contribution in [0.5, 0.6) is 0 Å². The van der Waals surface area contributed by atoms with Crippen LogP contribution in [0, 0.1) is 5.41 Å². The van der Waals surface area contributed by atoms with Crippen LogP contribution in [0.1, 0.15) is 33.6 Å². The number of carbonyl (C=O) groups is 1. The standard InChI is InChI=1S/C27H32O2P/c1-4-29-26(28)27(2,3)21-14-22-30(23-15-8-5-9-16-23,24-17-10-6-11-18-24)25-19-12-7-13-20-25/h5-13,15-20H,4,14,21-22H2,1-3H3/q+1. The Morgan fingerprint density at radius 2 is 1.17 bits per heavy atom. The zero-order valence-electron chi connectivity index (χ0n) is 18.3. The third-order valence-electron chi connectivity index (χ3n) is 5.71. The van der Waals surface area contributed by atoms with Crippen molar-refractivity contribution in [1.29, 1.82) is 0 Å². The van der Waals surface area contributed by atoms with E-state index in [9.17, 15) is 4.79 Å². The van der Waals surface area contributed by atoms with Gasteiger partial charge in [0.25, 0.3) is 0 Å². The highest BCUT2D eigenvalue weighted by molar-refractivity contribution is 7.95. The summed E-state index contributed by atoms with van der Waals surface area (Å²) in [6.07, 6.45) is 2.78. The summed E-state index contributed by atoms with van der Waals surface area (Å²) in [6, 6.07) is 32.7. The van der Waals surface area contributed by atoms with Gasteiger partial charge >= 0.3 is 5.97 Å². The third kappa shape index (κ3) is 4.82. The number of carbonyl (C=O) groups excluding carboxylic acids is 1. The number of rotatable bonds is 9. The van der Waals surface area contributed by atoms with E-state index < -0.39 is 12.7 Å². The molecule has 0 amide bonds. The van der Waals surface area contributed by atoms with Crippen LogP contribution < -0.4 is 15.9 Å². The monoisotopic (exact) mass is 419 g/mol. The fraction of sp³-hybridized carbons (Fsp3) is 0.296. The molecule has 0 saturated carbocycles. The van der Waals surface area contributed by atoms with Crippen LogP contribution in [0.3, 0.4) is 0 Å². The average Bonchev–Trinajstić information content (AvgIpc) is 2.79. The van der Waals surface area contributed by atoms with Gasteiger partial charge in [-0.1, -0.05) is 54.6 Å². The maximum absolute atomic E-state index is 12.4. The molecule has 2 nitrogen and oxygen atoms in total. The van der Waals surface area contributed by atoms with Crippen molar-refractivity contribution in [3.8, 4) is 0 Å². The first kappa shape index (κ1) is 22.2. The van der Waals surface area contributed by atoms with E-state index in [0.717, 1.165) is 19.0 Å². The van der Waals surface area contributed by atoms with Crippen LogP contribution in [0.25, 0.3) is 0 Å². The van der Waals surface area contributed by atoms with Crippen molar-refractivity contribution in [3.05, 3.63) is 91.0 Å². The van der Waals surface area contributed by atoms with Gasteiger partial charge in [-0.2, -0.15) is 0 Å². The predicted molar refractivity (Wildman–Crippen MR) is 130 cm³/mol. The minimum atomic E-state index is -1.84. The van der Waals surface area contributed by atoms with Gasteiger partial charge in [-0.15, -0.1) is 0 Å². The van der Waals surface area contributed by atoms with Crippen LogP contribution in [0.15, 0.2) is 91.0 Å². The summed E-state index contributed by atoms with van der Waals surface area (Å²) in [5.74, 6) is -0.104. The highest BCUT2D eigenvalue weighted by Gasteiger charge is 2.45. The largest absolute Gasteiger partial charge is 0.466 e. The normalized spacial score (nSPS) is 11.8. The Labute approximate surface area is 181 Å². The highest BCUT2D eigenvalue weighted by Crippen LogP contribution is 2.56. The molecule has 0 aliphatic carbocycles. The molecule has 0 fully saturated rings. The molecule has 0 N–H and O–H groups in total. The molecule has 3 aromatic carbocycles. The first-order valence-electron chi connectivity index (χ1n) is 10.7. The molecule has 0 aliphatic rings. The van der Waals surface area contributed by atoms with E-state index >= 15 is 0 Å². The summed E-state index contributed by atoms with van der Waals surface area (Å²) in [6.45, 7) is 6.29. The maximum Gasteiger partial charge on any atom is 0.311 e. The van der Waals surface area contributed by atoms with E-state index in [2.05, 4.69) is 91.0 Å². The fourth-order valence-corrected chi connectivity index (χ4v) is 8.41. The van der Waals surface area contributed by atoms with Crippen molar-refractivity contribution in [2.75, 3.05) is 12.8 Å². The minimum Gasteiger partial charge on any atom is -0.466 e. The molecule has 0 unspecified atom stereocenters. The summed E-state index contributed by atoms with van der Waals surface area (Å²) in [5.41, 5.74) is -0.476. The lowest BCUT2D eigenvalue weighted by molar-refractivity contribution is -0.153. The molecule has 0 spiro atoms. The molecular weight excluding hydrogens is 387 g/mol. The van der Waals surface area contributed by atoms with Gasteiger partial charge in [-0.3, -0.25) is 4.79 Å². The lowest BCUT2D eigenvalue weighted by Gasteiger charge is -2.29. The zero-order valence-corrected chi connectivity index (χ0v) is 19.1. The number of benzene rings is 3. The summed E-state index contributed by atoms with van der Waals surface area (Å²) < 4.78 is 5.31. The van der Waals surface area contributed by atoms with Crippen molar-refractivity contribution in [2.24, 2.45) is 5.41 Å². The zero-order chi connectivity index (χ0) is 21.5. The molecule has 0 heterocycles. The molecule has 0 radical (unpaired) electrons. The van der Waals surface area contributed by atoms with Crippen molar-refractivity contribution in [3.63, 3.8) is 0 Å². The van der Waals surface area contributed by atoms with Crippen LogP contribution in [-0.4, -0.2) is 18.7 Å². The lowest BCUT2D eigenvalue weighted by Crippen LogP contribution is -2.34. The molecule has 3 heteroatoms. The number of esters is 1. The van der Waals surface area contributed by atoms with Gasteiger partial charge in [0, 0.05) is 0 Å². The van der Waals surface area contributed by atoms with E-state index in [-0.39, 0.29) is 5.97 Å². The summed E-state index contributed by atoms with van der Waals surface area (Å²) in [4.78, 5) is 12.4. The first-order chi connectivity index (χ1) is 14.5. The minimum absolute atomic E-state index is 0.104. The second-order valence-corrected chi connectivity index (χ2v) is 11.9. The van der Waals surface area contributed by atoms with Crippen LogP contribution in [0.4, 0.5) is 0 Å². The Morgan fingerprint density at radius 1 is 0.767 bits per heavy atom. The van der Waals surface area contributed by atoms with Crippen LogP contribution in [0.2, 0.25) is 0 Å². The number of ether oxygens (including phenoxy) is 1. The molecule has 0 saturated heterocycles. The number of hydrogen-bond donors (Lipinski definition) is 0. The fourth-order valence-electron chi connectivity index (χ4n) is 4.07. The van der Waals surface area contributed by atoms with Gasteiger partial charge in [-0.05, 0) is 70.0 Å². The Kier molecular flexibility index (Phi) is 7.45. The Bertz CT molecular complexity index is 824. The Balaban J connectivity index is 2.03. The van der Waals surface area contributed by atoms with Crippen molar-refractivity contribution >= 4 is 29.1 Å². The SMILES string of the molecule is CCOC(=O)C(C)(C)CCC[P+](c1ccccc1)(c1ccccc1)c1ccccc1. The molecule has 3 rings (SSSR count). The summed E-state index contributed by atoms with van der Waals surface area (Å²) >= 11 is 0. The molecule has 0 atom stereocenters. The second-order valence-electron chi connectivity index (χ2n) is 8.25. The smallest absolute Gasteiger partial charge is 0.311 e. The van der Waals surface area contributed by atoms with Gasteiger partial charge in [0.1, 0.15) is 23.2 Å². The number of hydrogen-bond acceptors (Lipinski definition) is 2. The summed E-state index contributed by atoms with van der Waals surface area (Å²) in [7, 11) is -1.84. The molecular formula is C27H32O2P+. The van der Waals surface area contributed by atoms with E-state index in [4.69, 9.17) is 4.74 Å². The topological polar surface area (TPSA) is 26.3 Å². The summed E-state index contributed by atoms with van der Waals surface area (Å²) in [5, 5.41) is 4.16. The van der Waals surface area contributed by atoms with Gasteiger partial charge < -0.3 is 4.74 Å². The Hall–Kier alpha value is -2.44. The predicted octanol–water partition coefficient (Wildman–Crippen LogP) is 5.35. The molecule has 156 valence electrons. The van der Waals surface area contributed by atoms with E-state index in [1.165, 1.54) is 15.9 Å². The van der Waals surface area contributed by atoms with E-state index in [1.807, 2.05) is 20.8 Å². The molecule has 0 bridgehead atoms. The maximum atomic E-state index is 12.4. The van der Waals surface area contributed by atoms with Gasteiger partial charge in [0.05, 0.1) is 18.2 Å². The van der Waals surface area contributed by atoms with Crippen LogP contribution >= 0.6 is 7.26 Å². The van der Waals surface area contributed by atoms with Gasteiger partial charge in [-0.25, -0.2) is 0 Å². The van der Waals surface area contributed by atoms with Crippen molar-refractivity contribution in [2.45, 2.75) is 33.6 Å². The third-order valence-corrected chi connectivity index (χ3v) is 10.2. The molecule has 0 aliphatic heterocycles. The average molecular weight is 420 g/mol. The Morgan fingerprint density at radius 3 is 1.53 bits per heavy atom. The lowest BCUT2D eigenvalue weighted by atomic mass is 9.88.